The Labute approximate surface area is 194 Å². The van der Waals surface area contributed by atoms with Crippen LogP contribution in [-0.4, -0.2) is 71.1 Å². The van der Waals surface area contributed by atoms with E-state index in [2.05, 4.69) is 4.99 Å². The van der Waals surface area contributed by atoms with E-state index in [1.165, 1.54) is 0 Å². The molecule has 33 heavy (non-hydrogen) atoms. The molecule has 2 saturated heterocycles. The molecule has 2 fully saturated rings. The maximum absolute atomic E-state index is 12.8. The van der Waals surface area contributed by atoms with E-state index < -0.39 is 17.3 Å². The van der Waals surface area contributed by atoms with Gasteiger partial charge in [-0.2, -0.15) is 4.99 Å². The van der Waals surface area contributed by atoms with Gasteiger partial charge in [0.2, 0.25) is 5.91 Å². The number of rotatable bonds is 4. The van der Waals surface area contributed by atoms with Crippen molar-refractivity contribution in [1.29, 1.82) is 0 Å². The molecule has 0 atom stereocenters. The highest BCUT2D eigenvalue weighted by atomic mass is 16.6. The number of nitrogens with two attached hydrogens (primary N) is 1. The Hall–Kier alpha value is -3.10. The molecule has 3 amide bonds. The second-order valence-corrected chi connectivity index (χ2v) is 9.61. The molecular formula is C24H34N4O5. The van der Waals surface area contributed by atoms with Crippen LogP contribution in [0.3, 0.4) is 0 Å². The van der Waals surface area contributed by atoms with Crippen LogP contribution in [0.2, 0.25) is 0 Å². The third kappa shape index (κ3) is 6.46. The summed E-state index contributed by atoms with van der Waals surface area (Å²) in [5.41, 5.74) is 6.25. The van der Waals surface area contributed by atoms with Gasteiger partial charge >= 0.3 is 12.2 Å². The van der Waals surface area contributed by atoms with Gasteiger partial charge in [-0.05, 0) is 33.3 Å². The zero-order chi connectivity index (χ0) is 24.2. The molecular weight excluding hydrogens is 424 g/mol. The minimum absolute atomic E-state index is 0.0327. The molecule has 3 rings (SSSR count). The van der Waals surface area contributed by atoms with Gasteiger partial charge in [0, 0.05) is 51.0 Å². The molecule has 0 aromatic heterocycles. The van der Waals surface area contributed by atoms with Crippen LogP contribution >= 0.6 is 0 Å². The van der Waals surface area contributed by atoms with E-state index in [-0.39, 0.29) is 24.3 Å². The molecule has 2 aliphatic rings. The van der Waals surface area contributed by atoms with Gasteiger partial charge in [0.1, 0.15) is 17.0 Å². The van der Waals surface area contributed by atoms with Crippen molar-refractivity contribution in [3.05, 3.63) is 35.4 Å². The molecule has 2 heterocycles. The summed E-state index contributed by atoms with van der Waals surface area (Å²) >= 11 is 0. The summed E-state index contributed by atoms with van der Waals surface area (Å²) in [4.78, 5) is 44.1. The zero-order valence-corrected chi connectivity index (χ0v) is 19.9. The normalized spacial score (nSPS) is 18.8. The number of nitrogens with zero attached hydrogens (tertiary/aromatic N) is 3. The van der Waals surface area contributed by atoms with Gasteiger partial charge < -0.3 is 25.0 Å². The average molecular weight is 459 g/mol. The van der Waals surface area contributed by atoms with Gasteiger partial charge in [-0.1, -0.05) is 24.3 Å². The molecule has 9 nitrogen and oxygen atoms in total. The van der Waals surface area contributed by atoms with Crippen LogP contribution in [-0.2, 0) is 20.7 Å². The van der Waals surface area contributed by atoms with Crippen LogP contribution in [0.1, 0.15) is 58.1 Å². The predicted octanol–water partition coefficient (Wildman–Crippen LogP) is 3.09. The maximum atomic E-state index is 12.8. The molecule has 1 spiro atoms. The van der Waals surface area contributed by atoms with E-state index in [0.29, 0.717) is 44.6 Å². The smallest absolute Gasteiger partial charge is 0.436 e. The van der Waals surface area contributed by atoms with Crippen molar-refractivity contribution in [2.45, 2.75) is 64.6 Å². The van der Waals surface area contributed by atoms with Crippen LogP contribution < -0.4 is 5.73 Å². The summed E-state index contributed by atoms with van der Waals surface area (Å²) in [6.07, 6.45) is 1.41. The summed E-state index contributed by atoms with van der Waals surface area (Å²) in [7, 11) is 0. The molecule has 0 unspecified atom stereocenters. The Morgan fingerprint density at radius 1 is 1.12 bits per heavy atom. The van der Waals surface area contributed by atoms with Crippen molar-refractivity contribution in [3.8, 4) is 0 Å². The standard InChI is InChI=1S/C24H34N4O5/c1-5-27-13-10-24(33-22(27)31)11-14-28(15-12-24)19(29)16-17-6-8-18(9-7-17)20(25)26-21(30)32-23(2,3)4/h6-9H,5,10-16H2,1-4H3,(H2,25,26,30). The van der Waals surface area contributed by atoms with Crippen LogP contribution in [0.5, 0.6) is 0 Å². The van der Waals surface area contributed by atoms with Crippen molar-refractivity contribution in [2.75, 3.05) is 26.2 Å². The summed E-state index contributed by atoms with van der Waals surface area (Å²) < 4.78 is 10.9. The van der Waals surface area contributed by atoms with Crippen LogP contribution in [0.15, 0.2) is 29.3 Å². The highest BCUT2D eigenvalue weighted by molar-refractivity contribution is 6.02. The molecule has 180 valence electrons. The first-order chi connectivity index (χ1) is 15.5. The first kappa shape index (κ1) is 24.5. The first-order valence-corrected chi connectivity index (χ1v) is 11.4. The Morgan fingerprint density at radius 2 is 1.73 bits per heavy atom. The van der Waals surface area contributed by atoms with Gasteiger partial charge in [0.25, 0.3) is 0 Å². The number of benzene rings is 1. The first-order valence-electron chi connectivity index (χ1n) is 11.4. The SMILES string of the molecule is CCN1CCC2(CCN(C(=O)Cc3ccc(C(N)=NC(=O)OC(C)(C)C)cc3)CC2)OC1=O. The number of carbonyl (C=O) groups excluding carboxylic acids is 3. The van der Waals surface area contributed by atoms with E-state index in [0.717, 1.165) is 12.0 Å². The number of aliphatic imine (C=N–C) groups is 1. The summed E-state index contributed by atoms with van der Waals surface area (Å²) in [5.74, 6) is 0.0948. The fourth-order valence-electron chi connectivity index (χ4n) is 4.06. The lowest BCUT2D eigenvalue weighted by molar-refractivity contribution is -0.136. The number of amides is 3. The van der Waals surface area contributed by atoms with E-state index >= 15 is 0 Å². The third-order valence-corrected chi connectivity index (χ3v) is 6.02. The summed E-state index contributed by atoms with van der Waals surface area (Å²) in [5, 5.41) is 0. The van der Waals surface area contributed by atoms with Crippen molar-refractivity contribution in [2.24, 2.45) is 10.7 Å². The fraction of sp³-hybridized carbons (Fsp3) is 0.583. The van der Waals surface area contributed by atoms with Crippen LogP contribution in [0.4, 0.5) is 9.59 Å². The lowest BCUT2D eigenvalue weighted by Gasteiger charge is -2.45. The van der Waals surface area contributed by atoms with E-state index in [4.69, 9.17) is 15.2 Å². The second-order valence-electron chi connectivity index (χ2n) is 9.61. The summed E-state index contributed by atoms with van der Waals surface area (Å²) in [6.45, 7) is 9.71. The Kier molecular flexibility index (Phi) is 7.29. The highest BCUT2D eigenvalue weighted by Gasteiger charge is 2.43. The molecule has 0 aliphatic carbocycles. The number of likely N-dealkylation sites (tertiary alicyclic amines) is 1. The lowest BCUT2D eigenvalue weighted by atomic mass is 9.86. The molecule has 0 radical (unpaired) electrons. The van der Waals surface area contributed by atoms with Crippen molar-refractivity contribution in [3.63, 3.8) is 0 Å². The van der Waals surface area contributed by atoms with E-state index in [9.17, 15) is 14.4 Å². The monoisotopic (exact) mass is 458 g/mol. The quantitative estimate of drug-likeness (QED) is 0.548. The van der Waals surface area contributed by atoms with Crippen molar-refractivity contribution in [1.82, 2.24) is 9.80 Å². The van der Waals surface area contributed by atoms with Crippen molar-refractivity contribution >= 4 is 23.9 Å². The number of carbonyl (C=O) groups is 3. The molecule has 1 aromatic carbocycles. The predicted molar refractivity (Wildman–Crippen MR) is 124 cm³/mol. The number of hydrogen-bond donors (Lipinski definition) is 1. The molecule has 9 heteroatoms. The van der Waals surface area contributed by atoms with Crippen LogP contribution in [0, 0.1) is 0 Å². The van der Waals surface area contributed by atoms with Gasteiger partial charge in [-0.3, -0.25) is 4.79 Å². The minimum atomic E-state index is -0.742. The Bertz CT molecular complexity index is 912. The van der Waals surface area contributed by atoms with E-state index in [1.807, 2.05) is 11.8 Å². The lowest BCUT2D eigenvalue weighted by Crippen LogP contribution is -2.55. The van der Waals surface area contributed by atoms with Gasteiger partial charge in [0.15, 0.2) is 0 Å². The van der Waals surface area contributed by atoms with Gasteiger partial charge in [-0.25, -0.2) is 9.59 Å². The topological polar surface area (TPSA) is 115 Å². The molecule has 2 aliphatic heterocycles. The third-order valence-electron chi connectivity index (χ3n) is 6.02. The molecule has 0 saturated carbocycles. The molecule has 0 bridgehead atoms. The van der Waals surface area contributed by atoms with E-state index in [1.54, 1.807) is 49.9 Å². The number of piperidine rings is 1. The number of amidine groups is 1. The number of hydrogen-bond acceptors (Lipinski definition) is 5. The molecule has 2 N–H and O–H groups in total. The fourth-order valence-corrected chi connectivity index (χ4v) is 4.06. The highest BCUT2D eigenvalue weighted by Crippen LogP contribution is 2.34. The minimum Gasteiger partial charge on any atom is -0.443 e. The Balaban J connectivity index is 1.52. The second kappa shape index (κ2) is 9.80. The largest absolute Gasteiger partial charge is 0.443 e. The van der Waals surface area contributed by atoms with Gasteiger partial charge in [-0.15, -0.1) is 0 Å². The van der Waals surface area contributed by atoms with Crippen LogP contribution in [0.25, 0.3) is 0 Å². The zero-order valence-electron chi connectivity index (χ0n) is 19.9. The average Bonchev–Trinajstić information content (AvgIpc) is 2.73. The Morgan fingerprint density at radius 3 is 2.27 bits per heavy atom. The van der Waals surface area contributed by atoms with Crippen molar-refractivity contribution < 1.29 is 23.9 Å². The number of ether oxygens (including phenoxy) is 2. The molecule has 1 aromatic rings. The van der Waals surface area contributed by atoms with Gasteiger partial charge in [0.05, 0.1) is 6.42 Å². The summed E-state index contributed by atoms with van der Waals surface area (Å²) in [6, 6.07) is 7.08. The maximum Gasteiger partial charge on any atom is 0.436 e.